The van der Waals surface area contributed by atoms with Crippen LogP contribution in [0.1, 0.15) is 30.4 Å². The Balaban J connectivity index is 2.28. The van der Waals surface area contributed by atoms with E-state index in [1.807, 2.05) is 0 Å². The average molecular weight is 178 g/mol. The quantitative estimate of drug-likeness (QED) is 0.651. The standard InChI is InChI=1S/C12H15F/c1-10-3-5-11(6-4-10)12(9-13)7-2-8-12/h3-6H,2,7-9H2,1H3. The van der Waals surface area contributed by atoms with Crippen molar-refractivity contribution in [3.63, 3.8) is 0 Å². The number of hydrogen-bond acceptors (Lipinski definition) is 0. The summed E-state index contributed by atoms with van der Waals surface area (Å²) < 4.78 is 12.9. The molecule has 2 rings (SSSR count). The van der Waals surface area contributed by atoms with Gasteiger partial charge >= 0.3 is 0 Å². The highest BCUT2D eigenvalue weighted by molar-refractivity contribution is 5.30. The zero-order chi connectivity index (χ0) is 9.31. The lowest BCUT2D eigenvalue weighted by atomic mass is 9.65. The Kier molecular flexibility index (Phi) is 2.10. The Hall–Kier alpha value is -0.850. The fraction of sp³-hybridized carbons (Fsp3) is 0.500. The summed E-state index contributed by atoms with van der Waals surface area (Å²) in [5, 5.41) is 0. The first kappa shape index (κ1) is 8.74. The minimum Gasteiger partial charge on any atom is -0.250 e. The second-order valence-electron chi connectivity index (χ2n) is 4.13. The van der Waals surface area contributed by atoms with Gasteiger partial charge in [-0.1, -0.05) is 36.2 Å². The van der Waals surface area contributed by atoms with Crippen molar-refractivity contribution in [3.05, 3.63) is 35.4 Å². The van der Waals surface area contributed by atoms with E-state index < -0.39 is 0 Å². The molecule has 0 unspecified atom stereocenters. The zero-order valence-corrected chi connectivity index (χ0v) is 8.02. The third kappa shape index (κ3) is 1.37. The van der Waals surface area contributed by atoms with Gasteiger partial charge in [-0.15, -0.1) is 0 Å². The molecule has 0 atom stereocenters. The van der Waals surface area contributed by atoms with Gasteiger partial charge in [0.1, 0.15) is 0 Å². The molecule has 1 aromatic carbocycles. The van der Waals surface area contributed by atoms with Gasteiger partial charge < -0.3 is 0 Å². The van der Waals surface area contributed by atoms with Crippen LogP contribution < -0.4 is 0 Å². The summed E-state index contributed by atoms with van der Waals surface area (Å²) >= 11 is 0. The largest absolute Gasteiger partial charge is 0.250 e. The van der Waals surface area contributed by atoms with Gasteiger partial charge in [0.25, 0.3) is 0 Å². The lowest BCUT2D eigenvalue weighted by molar-refractivity contribution is 0.185. The monoisotopic (exact) mass is 178 g/mol. The van der Waals surface area contributed by atoms with E-state index in [-0.39, 0.29) is 12.1 Å². The number of aryl methyl sites for hydroxylation is 1. The smallest absolute Gasteiger partial charge is 0.0990 e. The number of alkyl halides is 1. The number of rotatable bonds is 2. The van der Waals surface area contributed by atoms with E-state index in [1.54, 1.807) is 0 Å². The van der Waals surface area contributed by atoms with Crippen LogP contribution in [0.2, 0.25) is 0 Å². The third-order valence-corrected chi connectivity index (χ3v) is 3.23. The molecule has 0 N–H and O–H groups in total. The third-order valence-electron chi connectivity index (χ3n) is 3.23. The molecule has 1 aromatic rings. The van der Waals surface area contributed by atoms with E-state index in [9.17, 15) is 4.39 Å². The Morgan fingerprint density at radius 3 is 2.23 bits per heavy atom. The average Bonchev–Trinajstić information content (AvgIpc) is 2.07. The number of benzene rings is 1. The van der Waals surface area contributed by atoms with E-state index in [1.165, 1.54) is 17.5 Å². The number of halogens is 1. The normalized spacial score (nSPS) is 19.5. The molecule has 1 aliphatic carbocycles. The molecule has 1 saturated carbocycles. The molecule has 1 fully saturated rings. The van der Waals surface area contributed by atoms with Crippen LogP contribution in [-0.4, -0.2) is 6.67 Å². The summed E-state index contributed by atoms with van der Waals surface area (Å²) in [5.41, 5.74) is 2.32. The first-order chi connectivity index (χ1) is 6.27. The van der Waals surface area contributed by atoms with Crippen LogP contribution in [0, 0.1) is 6.92 Å². The van der Waals surface area contributed by atoms with Gasteiger partial charge in [-0.25, -0.2) is 0 Å². The topological polar surface area (TPSA) is 0 Å². The fourth-order valence-corrected chi connectivity index (χ4v) is 2.01. The molecule has 1 aliphatic rings. The Morgan fingerprint density at radius 2 is 1.85 bits per heavy atom. The van der Waals surface area contributed by atoms with E-state index in [0.717, 1.165) is 12.8 Å². The van der Waals surface area contributed by atoms with Gasteiger partial charge in [0, 0.05) is 5.41 Å². The molecule has 0 heterocycles. The predicted octanol–water partition coefficient (Wildman–Crippen LogP) is 3.39. The highest BCUT2D eigenvalue weighted by Crippen LogP contribution is 2.43. The highest BCUT2D eigenvalue weighted by Gasteiger charge is 2.38. The van der Waals surface area contributed by atoms with Crippen molar-refractivity contribution in [2.45, 2.75) is 31.6 Å². The molecular formula is C12H15F. The van der Waals surface area contributed by atoms with Crippen molar-refractivity contribution in [2.75, 3.05) is 6.67 Å². The molecule has 13 heavy (non-hydrogen) atoms. The lowest BCUT2D eigenvalue weighted by Crippen LogP contribution is -2.36. The minimum absolute atomic E-state index is 0.117. The Bertz CT molecular complexity index is 277. The minimum atomic E-state index is -0.198. The predicted molar refractivity (Wildman–Crippen MR) is 52.7 cm³/mol. The summed E-state index contributed by atoms with van der Waals surface area (Å²) in [5.74, 6) is 0. The van der Waals surface area contributed by atoms with Crippen LogP contribution in [0.4, 0.5) is 4.39 Å². The van der Waals surface area contributed by atoms with Gasteiger partial charge in [0.15, 0.2) is 0 Å². The van der Waals surface area contributed by atoms with Crippen LogP contribution in [0.15, 0.2) is 24.3 Å². The van der Waals surface area contributed by atoms with E-state index in [4.69, 9.17) is 0 Å². The van der Waals surface area contributed by atoms with Crippen molar-refractivity contribution in [1.29, 1.82) is 0 Å². The molecule has 0 aromatic heterocycles. The molecule has 0 nitrogen and oxygen atoms in total. The van der Waals surface area contributed by atoms with Crippen molar-refractivity contribution in [1.82, 2.24) is 0 Å². The van der Waals surface area contributed by atoms with E-state index in [0.29, 0.717) is 0 Å². The maximum atomic E-state index is 12.9. The van der Waals surface area contributed by atoms with Gasteiger partial charge in [0.2, 0.25) is 0 Å². The Labute approximate surface area is 78.8 Å². The summed E-state index contributed by atoms with van der Waals surface area (Å²) in [6, 6.07) is 8.30. The van der Waals surface area contributed by atoms with Crippen LogP contribution in [0.3, 0.4) is 0 Å². The van der Waals surface area contributed by atoms with Crippen LogP contribution >= 0.6 is 0 Å². The highest BCUT2D eigenvalue weighted by atomic mass is 19.1. The van der Waals surface area contributed by atoms with Crippen LogP contribution in [-0.2, 0) is 5.41 Å². The maximum absolute atomic E-state index is 12.9. The first-order valence-corrected chi connectivity index (χ1v) is 4.90. The fourth-order valence-electron chi connectivity index (χ4n) is 2.01. The van der Waals surface area contributed by atoms with E-state index in [2.05, 4.69) is 31.2 Å². The van der Waals surface area contributed by atoms with Crippen LogP contribution in [0.25, 0.3) is 0 Å². The Morgan fingerprint density at radius 1 is 1.23 bits per heavy atom. The molecule has 0 amide bonds. The number of hydrogen-bond donors (Lipinski definition) is 0. The summed E-state index contributed by atoms with van der Waals surface area (Å²) in [6.45, 7) is 1.86. The molecule has 0 bridgehead atoms. The maximum Gasteiger partial charge on any atom is 0.0990 e. The molecule has 0 radical (unpaired) electrons. The van der Waals surface area contributed by atoms with Crippen LogP contribution in [0.5, 0.6) is 0 Å². The summed E-state index contributed by atoms with van der Waals surface area (Å²) in [7, 11) is 0. The van der Waals surface area contributed by atoms with Gasteiger partial charge in [0.05, 0.1) is 6.67 Å². The second-order valence-corrected chi connectivity index (χ2v) is 4.13. The van der Waals surface area contributed by atoms with Crippen molar-refractivity contribution < 1.29 is 4.39 Å². The molecule has 1 heteroatoms. The van der Waals surface area contributed by atoms with E-state index >= 15 is 0 Å². The first-order valence-electron chi connectivity index (χ1n) is 4.90. The zero-order valence-electron chi connectivity index (χ0n) is 8.02. The lowest BCUT2D eigenvalue weighted by Gasteiger charge is -2.40. The van der Waals surface area contributed by atoms with Crippen molar-refractivity contribution >= 4 is 0 Å². The summed E-state index contributed by atoms with van der Waals surface area (Å²) in [4.78, 5) is 0. The van der Waals surface area contributed by atoms with Crippen molar-refractivity contribution in [2.24, 2.45) is 0 Å². The van der Waals surface area contributed by atoms with Crippen molar-refractivity contribution in [3.8, 4) is 0 Å². The second kappa shape index (κ2) is 3.13. The van der Waals surface area contributed by atoms with Gasteiger partial charge in [-0.3, -0.25) is 4.39 Å². The molecule has 0 aliphatic heterocycles. The SMILES string of the molecule is Cc1ccc(C2(CF)CCC2)cc1. The van der Waals surface area contributed by atoms with Gasteiger partial charge in [-0.05, 0) is 25.3 Å². The molecule has 0 spiro atoms. The molecular weight excluding hydrogens is 163 g/mol. The molecule has 0 saturated heterocycles. The van der Waals surface area contributed by atoms with Gasteiger partial charge in [-0.2, -0.15) is 0 Å². The summed E-state index contributed by atoms with van der Waals surface area (Å²) in [6.07, 6.45) is 3.22. The molecule has 70 valence electrons.